The Morgan fingerprint density at radius 1 is 0.929 bits per heavy atom. The maximum atomic E-state index is 12.7. The maximum Gasteiger partial charge on any atom is 0.274 e. The number of methoxy groups -OCH3 is 3. The van der Waals surface area contributed by atoms with Crippen LogP contribution in [0.3, 0.4) is 0 Å². The fourth-order valence-corrected chi connectivity index (χ4v) is 3.29. The van der Waals surface area contributed by atoms with Crippen LogP contribution in [-0.4, -0.2) is 50.3 Å². The molecular formula is C20H26N4O4. The van der Waals surface area contributed by atoms with Crippen molar-refractivity contribution in [3.63, 3.8) is 0 Å². The highest BCUT2D eigenvalue weighted by Gasteiger charge is 2.17. The van der Waals surface area contributed by atoms with E-state index in [1.54, 1.807) is 18.2 Å². The average molecular weight is 386 g/mol. The number of hydrogen-bond donors (Lipinski definition) is 1. The minimum Gasteiger partial charge on any atom is -0.493 e. The normalized spacial score (nSPS) is 14.2. The standard InChI is InChI=1S/C20H26N4O4/c1-26-16-10-14(11-17(27-2)19(16)28-3)23-20(25)15-12-18(22-13-21-15)24-8-6-4-5-7-9-24/h10-13H,4-9H2,1-3H3,(H,23,25). The van der Waals surface area contributed by atoms with Crippen LogP contribution in [0.15, 0.2) is 24.5 Å². The summed E-state index contributed by atoms with van der Waals surface area (Å²) in [6.07, 6.45) is 6.17. The highest BCUT2D eigenvalue weighted by molar-refractivity contribution is 6.03. The summed E-state index contributed by atoms with van der Waals surface area (Å²) in [5, 5.41) is 2.84. The van der Waals surface area contributed by atoms with Crippen molar-refractivity contribution >= 4 is 17.4 Å². The zero-order chi connectivity index (χ0) is 19.9. The predicted molar refractivity (Wildman–Crippen MR) is 107 cm³/mol. The summed E-state index contributed by atoms with van der Waals surface area (Å²) in [5.74, 6) is 1.85. The fourth-order valence-electron chi connectivity index (χ4n) is 3.29. The van der Waals surface area contributed by atoms with E-state index in [1.165, 1.54) is 40.5 Å². The van der Waals surface area contributed by atoms with E-state index in [9.17, 15) is 4.79 Å². The number of carbonyl (C=O) groups is 1. The van der Waals surface area contributed by atoms with Gasteiger partial charge < -0.3 is 24.4 Å². The van der Waals surface area contributed by atoms with Gasteiger partial charge in [-0.1, -0.05) is 12.8 Å². The van der Waals surface area contributed by atoms with E-state index < -0.39 is 0 Å². The number of rotatable bonds is 6. The molecule has 0 bridgehead atoms. The molecule has 0 saturated carbocycles. The van der Waals surface area contributed by atoms with Gasteiger partial charge in [0, 0.05) is 37.0 Å². The number of benzene rings is 1. The molecule has 1 aromatic heterocycles. The first-order valence-corrected chi connectivity index (χ1v) is 9.34. The number of aromatic nitrogens is 2. The lowest BCUT2D eigenvalue weighted by Gasteiger charge is -2.21. The number of amides is 1. The third-order valence-electron chi connectivity index (χ3n) is 4.74. The van der Waals surface area contributed by atoms with E-state index in [4.69, 9.17) is 14.2 Å². The van der Waals surface area contributed by atoms with Gasteiger partial charge >= 0.3 is 0 Å². The zero-order valence-electron chi connectivity index (χ0n) is 16.5. The third kappa shape index (κ3) is 4.44. The molecule has 0 radical (unpaired) electrons. The summed E-state index contributed by atoms with van der Waals surface area (Å²) in [5.41, 5.74) is 0.831. The van der Waals surface area contributed by atoms with E-state index in [1.807, 2.05) is 0 Å². The molecule has 1 saturated heterocycles. The Kier molecular flexibility index (Phi) is 6.52. The van der Waals surface area contributed by atoms with Crippen molar-refractivity contribution in [3.05, 3.63) is 30.2 Å². The lowest BCUT2D eigenvalue weighted by atomic mass is 10.2. The van der Waals surface area contributed by atoms with Crippen molar-refractivity contribution in [3.8, 4) is 17.2 Å². The Morgan fingerprint density at radius 3 is 2.14 bits per heavy atom. The smallest absolute Gasteiger partial charge is 0.274 e. The summed E-state index contributed by atoms with van der Waals surface area (Å²) in [6, 6.07) is 5.09. The number of hydrogen-bond acceptors (Lipinski definition) is 7. The molecule has 150 valence electrons. The molecule has 1 aliphatic rings. The number of ether oxygens (including phenoxy) is 3. The second kappa shape index (κ2) is 9.25. The molecule has 8 heteroatoms. The number of nitrogens with one attached hydrogen (secondary N) is 1. The Hall–Kier alpha value is -3.03. The summed E-state index contributed by atoms with van der Waals surface area (Å²) in [6.45, 7) is 1.90. The molecule has 0 unspecified atom stereocenters. The zero-order valence-corrected chi connectivity index (χ0v) is 16.5. The summed E-state index contributed by atoms with van der Waals surface area (Å²) >= 11 is 0. The summed E-state index contributed by atoms with van der Waals surface area (Å²) in [7, 11) is 4.59. The van der Waals surface area contributed by atoms with Crippen molar-refractivity contribution in [1.82, 2.24) is 9.97 Å². The Balaban J connectivity index is 1.80. The molecule has 0 aliphatic carbocycles. The second-order valence-electron chi connectivity index (χ2n) is 6.53. The van der Waals surface area contributed by atoms with Crippen LogP contribution in [0.2, 0.25) is 0 Å². The van der Waals surface area contributed by atoms with E-state index >= 15 is 0 Å². The Morgan fingerprint density at radius 2 is 1.57 bits per heavy atom. The van der Waals surface area contributed by atoms with Crippen molar-refractivity contribution in [2.24, 2.45) is 0 Å². The maximum absolute atomic E-state index is 12.7. The average Bonchev–Trinajstić information content (AvgIpc) is 3.02. The van der Waals surface area contributed by atoms with E-state index in [2.05, 4.69) is 20.2 Å². The molecule has 0 spiro atoms. The van der Waals surface area contributed by atoms with Crippen molar-refractivity contribution in [2.45, 2.75) is 25.7 Å². The molecule has 1 amide bonds. The molecule has 3 rings (SSSR count). The highest BCUT2D eigenvalue weighted by Crippen LogP contribution is 2.40. The topological polar surface area (TPSA) is 85.8 Å². The molecule has 28 heavy (non-hydrogen) atoms. The minimum atomic E-state index is -0.326. The lowest BCUT2D eigenvalue weighted by molar-refractivity contribution is 0.102. The first-order valence-electron chi connectivity index (χ1n) is 9.34. The lowest BCUT2D eigenvalue weighted by Crippen LogP contribution is -2.25. The number of nitrogens with zero attached hydrogens (tertiary/aromatic N) is 3. The minimum absolute atomic E-state index is 0.308. The molecular weight excluding hydrogens is 360 g/mol. The van der Waals surface area contributed by atoms with Crippen molar-refractivity contribution in [1.29, 1.82) is 0 Å². The Labute approximate surface area is 164 Å². The predicted octanol–water partition coefficient (Wildman–Crippen LogP) is 3.14. The van der Waals surface area contributed by atoms with Crippen molar-refractivity contribution < 1.29 is 19.0 Å². The van der Waals surface area contributed by atoms with Gasteiger partial charge in [-0.3, -0.25) is 4.79 Å². The van der Waals surface area contributed by atoms with Gasteiger partial charge in [0.25, 0.3) is 5.91 Å². The summed E-state index contributed by atoms with van der Waals surface area (Å²) in [4.78, 5) is 23.4. The van der Waals surface area contributed by atoms with E-state index in [-0.39, 0.29) is 5.91 Å². The molecule has 1 aliphatic heterocycles. The van der Waals surface area contributed by atoms with Crippen molar-refractivity contribution in [2.75, 3.05) is 44.6 Å². The fraction of sp³-hybridized carbons (Fsp3) is 0.450. The van der Waals surface area contributed by atoms with Crippen LogP contribution in [0.5, 0.6) is 17.2 Å². The largest absolute Gasteiger partial charge is 0.493 e. The van der Waals surface area contributed by atoms with Crippen LogP contribution in [0.4, 0.5) is 11.5 Å². The molecule has 0 atom stereocenters. The van der Waals surface area contributed by atoms with Gasteiger partial charge in [-0.25, -0.2) is 9.97 Å². The van der Waals surface area contributed by atoms with Gasteiger partial charge in [0.2, 0.25) is 5.75 Å². The first kappa shape index (κ1) is 19.7. The SMILES string of the molecule is COc1cc(NC(=O)c2cc(N3CCCCCC3)ncn2)cc(OC)c1OC. The van der Waals surface area contributed by atoms with Gasteiger partial charge in [-0.05, 0) is 12.8 Å². The molecule has 8 nitrogen and oxygen atoms in total. The summed E-state index contributed by atoms with van der Waals surface area (Å²) < 4.78 is 16.0. The number of anilines is 2. The third-order valence-corrected chi connectivity index (χ3v) is 4.74. The second-order valence-corrected chi connectivity index (χ2v) is 6.53. The van der Waals surface area contributed by atoms with Crippen LogP contribution in [0.1, 0.15) is 36.2 Å². The van der Waals surface area contributed by atoms with Crippen LogP contribution in [-0.2, 0) is 0 Å². The van der Waals surface area contributed by atoms with Gasteiger partial charge in [-0.15, -0.1) is 0 Å². The first-order chi connectivity index (χ1) is 13.7. The van der Waals surface area contributed by atoms with E-state index in [0.29, 0.717) is 28.6 Å². The monoisotopic (exact) mass is 386 g/mol. The highest BCUT2D eigenvalue weighted by atomic mass is 16.5. The van der Waals surface area contributed by atoms with Gasteiger partial charge in [0.1, 0.15) is 17.8 Å². The molecule has 1 N–H and O–H groups in total. The Bertz CT molecular complexity index is 795. The van der Waals surface area contributed by atoms with Gasteiger partial charge in [0.05, 0.1) is 21.3 Å². The quantitative estimate of drug-likeness (QED) is 0.816. The van der Waals surface area contributed by atoms with E-state index in [0.717, 1.165) is 31.7 Å². The molecule has 1 fully saturated rings. The molecule has 1 aromatic carbocycles. The van der Waals surface area contributed by atoms with Crippen LogP contribution >= 0.6 is 0 Å². The molecule has 2 aromatic rings. The van der Waals surface area contributed by atoms with Gasteiger partial charge in [-0.2, -0.15) is 0 Å². The van der Waals surface area contributed by atoms with Crippen LogP contribution in [0.25, 0.3) is 0 Å². The van der Waals surface area contributed by atoms with Gasteiger partial charge in [0.15, 0.2) is 11.5 Å². The van der Waals surface area contributed by atoms with Crippen LogP contribution < -0.4 is 24.4 Å². The van der Waals surface area contributed by atoms with Crippen LogP contribution in [0, 0.1) is 0 Å². The molecule has 2 heterocycles. The number of carbonyl (C=O) groups excluding carboxylic acids is 1.